The van der Waals surface area contributed by atoms with E-state index in [-0.39, 0.29) is 0 Å². The van der Waals surface area contributed by atoms with Crippen LogP contribution in [0.2, 0.25) is 0 Å². The van der Waals surface area contributed by atoms with Crippen molar-refractivity contribution < 1.29 is 0 Å². The van der Waals surface area contributed by atoms with Crippen LogP contribution in [0.1, 0.15) is 6.92 Å². The maximum Gasteiger partial charge on any atom is 0.0904 e. The van der Waals surface area contributed by atoms with Crippen LogP contribution in [0.3, 0.4) is 0 Å². The van der Waals surface area contributed by atoms with Crippen molar-refractivity contribution in [1.82, 2.24) is 0 Å². The van der Waals surface area contributed by atoms with Crippen LogP contribution in [-0.2, 0) is 0 Å². The molecule has 0 aromatic carbocycles. The third kappa shape index (κ3) is 1.61. The summed E-state index contributed by atoms with van der Waals surface area (Å²) in [6.45, 7) is 3.02. The molecule has 50 valence electrons. The third-order valence-electron chi connectivity index (χ3n) is 0.978. The summed E-state index contributed by atoms with van der Waals surface area (Å²) in [6.07, 6.45) is 0. The van der Waals surface area contributed by atoms with E-state index in [1.165, 1.54) is 0 Å². The first-order chi connectivity index (χ1) is 4.33. The fraction of sp³-hybridized carbons (Fsp3) is 0.333. The van der Waals surface area contributed by atoms with Crippen LogP contribution in [0.4, 0.5) is 10.0 Å². The van der Waals surface area contributed by atoms with Gasteiger partial charge >= 0.3 is 0 Å². The van der Waals surface area contributed by atoms with Crippen LogP contribution in [0.15, 0.2) is 12.1 Å². The molecule has 0 amide bonds. The maximum atomic E-state index is 5.49. The normalized spacial score (nSPS) is 9.44. The van der Waals surface area contributed by atoms with Gasteiger partial charge < -0.3 is 11.1 Å². The molecule has 0 saturated heterocycles. The van der Waals surface area contributed by atoms with Crippen molar-refractivity contribution in [3.05, 3.63) is 12.1 Å². The molecule has 9 heavy (non-hydrogen) atoms. The summed E-state index contributed by atoms with van der Waals surface area (Å²) in [5, 5.41) is 5.18. The van der Waals surface area contributed by atoms with E-state index in [2.05, 4.69) is 12.2 Å². The van der Waals surface area contributed by atoms with Crippen LogP contribution in [-0.4, -0.2) is 6.54 Å². The minimum absolute atomic E-state index is 0.867. The molecule has 0 bridgehead atoms. The maximum absolute atomic E-state index is 5.49. The number of anilines is 2. The first-order valence-corrected chi connectivity index (χ1v) is 3.73. The average Bonchev–Trinajstić information content (AvgIpc) is 2.17. The summed E-state index contributed by atoms with van der Waals surface area (Å²) < 4.78 is 0. The Balaban J connectivity index is 2.61. The third-order valence-corrected chi connectivity index (χ3v) is 1.85. The van der Waals surface area contributed by atoms with Crippen molar-refractivity contribution in [3.63, 3.8) is 0 Å². The van der Waals surface area contributed by atoms with Gasteiger partial charge in [-0.15, -0.1) is 11.3 Å². The van der Waals surface area contributed by atoms with Gasteiger partial charge in [0.2, 0.25) is 0 Å². The zero-order chi connectivity index (χ0) is 6.69. The van der Waals surface area contributed by atoms with Gasteiger partial charge in [0.05, 0.1) is 10.0 Å². The van der Waals surface area contributed by atoms with Crippen LogP contribution in [0, 0.1) is 0 Å². The summed E-state index contributed by atoms with van der Waals surface area (Å²) in [5.41, 5.74) is 5.49. The Morgan fingerprint density at radius 2 is 2.44 bits per heavy atom. The van der Waals surface area contributed by atoms with Crippen LogP contribution >= 0.6 is 11.3 Å². The van der Waals surface area contributed by atoms with Gasteiger partial charge in [-0.05, 0) is 19.1 Å². The molecule has 1 aromatic rings. The summed E-state index contributed by atoms with van der Waals surface area (Å²) in [4.78, 5) is 0. The van der Waals surface area contributed by atoms with Gasteiger partial charge in [-0.25, -0.2) is 0 Å². The molecule has 1 aromatic heterocycles. The van der Waals surface area contributed by atoms with Crippen molar-refractivity contribution in [1.29, 1.82) is 0 Å². The Morgan fingerprint density at radius 1 is 1.67 bits per heavy atom. The fourth-order valence-corrected chi connectivity index (χ4v) is 1.36. The monoisotopic (exact) mass is 142 g/mol. The SMILES string of the molecule is CCNc1ccc(N)s1. The lowest BCUT2D eigenvalue weighted by Gasteiger charge is -1.93. The van der Waals surface area contributed by atoms with Gasteiger partial charge in [0, 0.05) is 6.54 Å². The summed E-state index contributed by atoms with van der Waals surface area (Å²) in [7, 11) is 0. The number of rotatable bonds is 2. The van der Waals surface area contributed by atoms with Crippen LogP contribution < -0.4 is 11.1 Å². The zero-order valence-corrected chi connectivity index (χ0v) is 6.16. The summed E-state index contributed by atoms with van der Waals surface area (Å²) in [5.74, 6) is 0. The van der Waals surface area contributed by atoms with Crippen LogP contribution in [0.25, 0.3) is 0 Å². The fourth-order valence-electron chi connectivity index (χ4n) is 0.622. The molecule has 3 heteroatoms. The van der Waals surface area contributed by atoms with Gasteiger partial charge in [0.1, 0.15) is 0 Å². The highest BCUT2D eigenvalue weighted by molar-refractivity contribution is 7.19. The molecule has 0 saturated carbocycles. The molecule has 0 aliphatic rings. The van der Waals surface area contributed by atoms with E-state index >= 15 is 0 Å². The first kappa shape index (κ1) is 6.42. The van der Waals surface area contributed by atoms with Crippen molar-refractivity contribution in [2.24, 2.45) is 0 Å². The van der Waals surface area contributed by atoms with E-state index in [1.807, 2.05) is 12.1 Å². The van der Waals surface area contributed by atoms with E-state index in [0.717, 1.165) is 16.5 Å². The second kappa shape index (κ2) is 2.73. The summed E-state index contributed by atoms with van der Waals surface area (Å²) >= 11 is 1.58. The van der Waals surface area contributed by atoms with Crippen LogP contribution in [0.5, 0.6) is 0 Å². The summed E-state index contributed by atoms with van der Waals surface area (Å²) in [6, 6.07) is 3.90. The molecule has 0 fully saturated rings. The molecule has 0 aliphatic heterocycles. The topological polar surface area (TPSA) is 38.0 Å². The second-order valence-corrected chi connectivity index (χ2v) is 2.85. The lowest BCUT2D eigenvalue weighted by molar-refractivity contribution is 1.23. The highest BCUT2D eigenvalue weighted by Crippen LogP contribution is 2.22. The Morgan fingerprint density at radius 3 is 2.89 bits per heavy atom. The molecule has 0 aliphatic carbocycles. The molecule has 0 atom stereocenters. The van der Waals surface area contributed by atoms with Gasteiger partial charge in [0.15, 0.2) is 0 Å². The first-order valence-electron chi connectivity index (χ1n) is 2.92. The van der Waals surface area contributed by atoms with Crippen molar-refractivity contribution in [2.75, 3.05) is 17.6 Å². The highest BCUT2D eigenvalue weighted by atomic mass is 32.1. The van der Waals surface area contributed by atoms with E-state index in [1.54, 1.807) is 11.3 Å². The highest BCUT2D eigenvalue weighted by Gasteiger charge is 1.91. The molecular weight excluding hydrogens is 132 g/mol. The van der Waals surface area contributed by atoms with E-state index in [4.69, 9.17) is 5.73 Å². The smallest absolute Gasteiger partial charge is 0.0904 e. The quantitative estimate of drug-likeness (QED) is 0.660. The lowest BCUT2D eigenvalue weighted by Crippen LogP contribution is -1.92. The minimum atomic E-state index is 0.867. The number of hydrogen-bond acceptors (Lipinski definition) is 3. The Kier molecular flexibility index (Phi) is 1.95. The van der Waals surface area contributed by atoms with Crippen molar-refractivity contribution >= 4 is 21.3 Å². The Labute approximate surface area is 58.7 Å². The largest absolute Gasteiger partial charge is 0.391 e. The van der Waals surface area contributed by atoms with Gasteiger partial charge in [-0.3, -0.25) is 0 Å². The molecule has 0 radical (unpaired) electrons. The number of nitrogens with one attached hydrogen (secondary N) is 1. The number of hydrogen-bond donors (Lipinski definition) is 2. The molecule has 1 rings (SSSR count). The lowest BCUT2D eigenvalue weighted by atomic mass is 10.6. The molecule has 0 spiro atoms. The molecule has 3 N–H and O–H groups in total. The molecular formula is C6H10N2S. The van der Waals surface area contributed by atoms with Gasteiger partial charge in [-0.1, -0.05) is 0 Å². The minimum Gasteiger partial charge on any atom is -0.391 e. The number of thiophene rings is 1. The molecule has 0 unspecified atom stereocenters. The van der Waals surface area contributed by atoms with Gasteiger partial charge in [0.25, 0.3) is 0 Å². The average molecular weight is 142 g/mol. The molecule has 1 heterocycles. The zero-order valence-electron chi connectivity index (χ0n) is 5.35. The Bertz CT molecular complexity index is 183. The van der Waals surface area contributed by atoms with Gasteiger partial charge in [-0.2, -0.15) is 0 Å². The standard InChI is InChI=1S/C6H10N2S/c1-2-8-6-4-3-5(7)9-6/h3-4,8H,2,7H2,1H3. The van der Waals surface area contributed by atoms with Crippen molar-refractivity contribution in [3.8, 4) is 0 Å². The predicted octanol–water partition coefficient (Wildman–Crippen LogP) is 1.76. The second-order valence-electron chi connectivity index (χ2n) is 1.73. The molecule has 2 nitrogen and oxygen atoms in total. The number of nitrogens with two attached hydrogens (primary N) is 1. The Hall–Kier alpha value is -0.700. The predicted molar refractivity (Wildman–Crippen MR) is 42.9 cm³/mol. The van der Waals surface area contributed by atoms with Crippen molar-refractivity contribution in [2.45, 2.75) is 6.92 Å². The van der Waals surface area contributed by atoms with E-state index < -0.39 is 0 Å². The van der Waals surface area contributed by atoms with E-state index in [0.29, 0.717) is 0 Å². The van der Waals surface area contributed by atoms with E-state index in [9.17, 15) is 0 Å². The number of nitrogen functional groups attached to an aromatic ring is 1.